The molecule has 0 unspecified atom stereocenters. The van der Waals surface area contributed by atoms with Gasteiger partial charge in [-0.2, -0.15) is 0 Å². The summed E-state index contributed by atoms with van der Waals surface area (Å²) in [5.41, 5.74) is 1.80. The summed E-state index contributed by atoms with van der Waals surface area (Å²) in [6.07, 6.45) is 3.52. The van der Waals surface area contributed by atoms with Gasteiger partial charge in [0.1, 0.15) is 0 Å². The van der Waals surface area contributed by atoms with Crippen LogP contribution in [0.3, 0.4) is 0 Å². The normalized spacial score (nSPS) is 16.2. The minimum atomic E-state index is -0.216. The van der Waals surface area contributed by atoms with Crippen LogP contribution in [0.15, 0.2) is 17.0 Å². The number of thioether (sulfide) groups is 1. The van der Waals surface area contributed by atoms with E-state index in [4.69, 9.17) is 9.47 Å². The molecule has 1 aliphatic rings. The lowest BCUT2D eigenvalue weighted by Crippen LogP contribution is -2.29. The molecule has 1 saturated heterocycles. The van der Waals surface area contributed by atoms with Gasteiger partial charge >= 0.3 is 0 Å². The number of carbonyl (C=O) groups excluding carboxylic acids is 2. The summed E-state index contributed by atoms with van der Waals surface area (Å²) in [4.78, 5) is 26.2. The van der Waals surface area contributed by atoms with E-state index >= 15 is 0 Å². The maximum Gasteiger partial charge on any atom is 0.293 e. The van der Waals surface area contributed by atoms with Crippen molar-refractivity contribution in [2.24, 2.45) is 0 Å². The maximum atomic E-state index is 12.4. The second-order valence-corrected chi connectivity index (χ2v) is 6.47. The van der Waals surface area contributed by atoms with Crippen molar-refractivity contribution in [3.63, 3.8) is 0 Å². The number of ether oxygens (including phenoxy) is 2. The van der Waals surface area contributed by atoms with E-state index in [1.165, 1.54) is 4.90 Å². The molecule has 5 nitrogen and oxygen atoms in total. The van der Waals surface area contributed by atoms with Crippen LogP contribution in [0.4, 0.5) is 4.79 Å². The van der Waals surface area contributed by atoms with Gasteiger partial charge in [-0.1, -0.05) is 13.3 Å². The Bertz CT molecular complexity index is 669. The number of hydrogen-bond acceptors (Lipinski definition) is 5. The van der Waals surface area contributed by atoms with Crippen LogP contribution in [-0.2, 0) is 4.79 Å². The summed E-state index contributed by atoms with van der Waals surface area (Å²) in [6, 6.07) is 3.72. The van der Waals surface area contributed by atoms with Crippen molar-refractivity contribution in [3.8, 4) is 11.5 Å². The lowest BCUT2D eigenvalue weighted by Gasteiger charge is -2.13. The highest BCUT2D eigenvalue weighted by molar-refractivity contribution is 8.18. The zero-order valence-corrected chi connectivity index (χ0v) is 15.4. The smallest absolute Gasteiger partial charge is 0.293 e. The SMILES string of the molecule is CCCCN1C(=O)SC(=Cc2cc(OCC)c(OC)cc2C)C1=O. The van der Waals surface area contributed by atoms with Crippen LogP contribution in [0.5, 0.6) is 11.5 Å². The Kier molecular flexibility index (Phi) is 6.31. The van der Waals surface area contributed by atoms with Crippen LogP contribution in [0.2, 0.25) is 0 Å². The first-order valence-corrected chi connectivity index (χ1v) is 8.90. The number of carbonyl (C=O) groups is 2. The number of hydrogen-bond donors (Lipinski definition) is 0. The molecule has 0 radical (unpaired) electrons. The van der Waals surface area contributed by atoms with E-state index < -0.39 is 0 Å². The number of rotatable bonds is 7. The van der Waals surface area contributed by atoms with Crippen LogP contribution in [0, 0.1) is 6.92 Å². The van der Waals surface area contributed by atoms with Crippen LogP contribution in [-0.4, -0.2) is 36.3 Å². The van der Waals surface area contributed by atoms with Crippen molar-refractivity contribution >= 4 is 29.0 Å². The van der Waals surface area contributed by atoms with Gasteiger partial charge in [0, 0.05) is 6.54 Å². The van der Waals surface area contributed by atoms with Gasteiger partial charge in [0.2, 0.25) is 0 Å². The molecule has 0 saturated carbocycles. The van der Waals surface area contributed by atoms with Crippen LogP contribution in [0.25, 0.3) is 6.08 Å². The van der Waals surface area contributed by atoms with Gasteiger partial charge in [-0.25, -0.2) is 0 Å². The third-order valence-corrected chi connectivity index (χ3v) is 4.65. The molecule has 0 aliphatic carbocycles. The molecule has 0 bridgehead atoms. The van der Waals surface area contributed by atoms with Gasteiger partial charge in [-0.05, 0) is 61.4 Å². The van der Waals surface area contributed by atoms with Crippen LogP contribution >= 0.6 is 11.8 Å². The molecule has 1 fully saturated rings. The average Bonchev–Trinajstić information content (AvgIpc) is 2.82. The van der Waals surface area contributed by atoms with Crippen molar-refractivity contribution in [2.75, 3.05) is 20.3 Å². The van der Waals surface area contributed by atoms with E-state index in [-0.39, 0.29) is 11.1 Å². The summed E-state index contributed by atoms with van der Waals surface area (Å²) >= 11 is 0.991. The molecule has 1 aliphatic heterocycles. The van der Waals surface area contributed by atoms with Gasteiger partial charge in [0.15, 0.2) is 11.5 Å². The van der Waals surface area contributed by atoms with Crippen LogP contribution < -0.4 is 9.47 Å². The first kappa shape index (κ1) is 18.4. The van der Waals surface area contributed by atoms with Crippen molar-refractivity contribution in [1.82, 2.24) is 4.90 Å². The average molecular weight is 349 g/mol. The molecule has 1 aromatic rings. The fraction of sp³-hybridized carbons (Fsp3) is 0.444. The Labute approximate surface area is 147 Å². The lowest BCUT2D eigenvalue weighted by molar-refractivity contribution is -0.122. The summed E-state index contributed by atoms with van der Waals surface area (Å²) in [7, 11) is 1.59. The van der Waals surface area contributed by atoms with E-state index in [2.05, 4.69) is 0 Å². The van der Waals surface area contributed by atoms with Crippen molar-refractivity contribution in [3.05, 3.63) is 28.2 Å². The second-order valence-electron chi connectivity index (χ2n) is 5.48. The Morgan fingerprint density at radius 2 is 1.96 bits per heavy atom. The van der Waals surface area contributed by atoms with E-state index in [0.29, 0.717) is 29.6 Å². The van der Waals surface area contributed by atoms with Crippen molar-refractivity contribution < 1.29 is 19.1 Å². The number of aryl methyl sites for hydroxylation is 1. The van der Waals surface area contributed by atoms with Crippen molar-refractivity contribution in [1.29, 1.82) is 0 Å². The maximum absolute atomic E-state index is 12.4. The van der Waals surface area contributed by atoms with E-state index in [1.54, 1.807) is 13.2 Å². The zero-order valence-electron chi connectivity index (χ0n) is 14.5. The first-order valence-electron chi connectivity index (χ1n) is 8.08. The largest absolute Gasteiger partial charge is 0.493 e. The first-order chi connectivity index (χ1) is 11.5. The van der Waals surface area contributed by atoms with Gasteiger partial charge < -0.3 is 9.47 Å². The molecule has 130 valence electrons. The number of imide groups is 1. The quantitative estimate of drug-likeness (QED) is 0.689. The number of amides is 2. The molecule has 0 N–H and O–H groups in total. The molecule has 0 atom stereocenters. The highest BCUT2D eigenvalue weighted by Gasteiger charge is 2.34. The highest BCUT2D eigenvalue weighted by Crippen LogP contribution is 2.36. The summed E-state index contributed by atoms with van der Waals surface area (Å²) < 4.78 is 10.9. The molecule has 24 heavy (non-hydrogen) atoms. The van der Waals surface area contributed by atoms with E-state index in [9.17, 15) is 9.59 Å². The Balaban J connectivity index is 2.32. The zero-order chi connectivity index (χ0) is 17.7. The fourth-order valence-corrected chi connectivity index (χ4v) is 3.27. The number of methoxy groups -OCH3 is 1. The third-order valence-electron chi connectivity index (χ3n) is 3.75. The Morgan fingerprint density at radius 1 is 1.21 bits per heavy atom. The minimum absolute atomic E-state index is 0.198. The number of benzene rings is 1. The summed E-state index contributed by atoms with van der Waals surface area (Å²) in [5, 5.41) is -0.198. The lowest BCUT2D eigenvalue weighted by atomic mass is 10.1. The van der Waals surface area contributed by atoms with Gasteiger partial charge in [-0.15, -0.1) is 0 Å². The predicted molar refractivity (Wildman–Crippen MR) is 96.5 cm³/mol. The molecular formula is C18H23NO4S. The summed E-state index contributed by atoms with van der Waals surface area (Å²) in [5.74, 6) is 1.07. The fourth-order valence-electron chi connectivity index (χ4n) is 2.41. The third kappa shape index (κ3) is 3.93. The van der Waals surface area contributed by atoms with Gasteiger partial charge in [-0.3, -0.25) is 14.5 Å². The monoisotopic (exact) mass is 349 g/mol. The van der Waals surface area contributed by atoms with Gasteiger partial charge in [0.25, 0.3) is 11.1 Å². The van der Waals surface area contributed by atoms with E-state index in [0.717, 1.165) is 35.7 Å². The Hall–Kier alpha value is -1.95. The molecule has 0 spiro atoms. The van der Waals surface area contributed by atoms with Crippen LogP contribution in [0.1, 0.15) is 37.8 Å². The molecule has 6 heteroatoms. The van der Waals surface area contributed by atoms with Crippen molar-refractivity contribution in [2.45, 2.75) is 33.6 Å². The molecular weight excluding hydrogens is 326 g/mol. The summed E-state index contributed by atoms with van der Waals surface area (Å²) in [6.45, 7) is 6.87. The minimum Gasteiger partial charge on any atom is -0.493 e. The molecule has 0 aromatic heterocycles. The molecule has 1 heterocycles. The topological polar surface area (TPSA) is 55.8 Å². The van der Waals surface area contributed by atoms with Gasteiger partial charge in [0.05, 0.1) is 18.6 Å². The second kappa shape index (κ2) is 8.24. The Morgan fingerprint density at radius 3 is 2.58 bits per heavy atom. The molecule has 1 aromatic carbocycles. The molecule has 2 rings (SSSR count). The number of unbranched alkanes of at least 4 members (excludes halogenated alkanes) is 1. The molecule has 2 amide bonds. The highest BCUT2D eigenvalue weighted by atomic mass is 32.2. The number of nitrogens with zero attached hydrogens (tertiary/aromatic N) is 1. The standard InChI is InChI=1S/C18H23NO4S/c1-5-7-8-19-17(20)16(24-18(19)21)11-13-10-15(23-6-2)14(22-4)9-12(13)3/h9-11H,5-8H2,1-4H3. The predicted octanol–water partition coefficient (Wildman–Crippen LogP) is 4.24. The van der Waals surface area contributed by atoms with E-state index in [1.807, 2.05) is 32.9 Å².